The fourth-order valence-corrected chi connectivity index (χ4v) is 3.35. The van der Waals surface area contributed by atoms with Crippen molar-refractivity contribution < 1.29 is 9.59 Å². The van der Waals surface area contributed by atoms with Gasteiger partial charge in [-0.05, 0) is 62.1 Å². The summed E-state index contributed by atoms with van der Waals surface area (Å²) in [6, 6.07) is 17.8. The van der Waals surface area contributed by atoms with Gasteiger partial charge in [0.05, 0.1) is 11.6 Å². The molecule has 3 rings (SSSR count). The standard InChI is InChI=1S/C24H29N5O2/c25-14-4-9-20(26)23(30)29-22(12-10-17-6-2-1-3-7-17)24(31)28-19-11-13-21-18(16-19)8-5-15-27-21/h1-3,5-8,11,13,15-16,20,22H,4,9-10,12,14,25-26H2,(H,28,31)(H,29,30)/t20-,22-/m1/s1. The van der Waals surface area contributed by atoms with E-state index in [0.29, 0.717) is 37.9 Å². The Balaban J connectivity index is 1.71. The Bertz CT molecular complexity index is 1010. The first kappa shape index (κ1) is 22.4. The van der Waals surface area contributed by atoms with E-state index >= 15 is 0 Å². The molecule has 1 aromatic heterocycles. The summed E-state index contributed by atoms with van der Waals surface area (Å²) in [6.45, 7) is 0.468. The van der Waals surface area contributed by atoms with Crippen molar-refractivity contribution in [3.05, 3.63) is 72.4 Å². The maximum absolute atomic E-state index is 13.0. The Morgan fingerprint density at radius 1 is 0.968 bits per heavy atom. The van der Waals surface area contributed by atoms with Gasteiger partial charge in [-0.3, -0.25) is 14.6 Å². The van der Waals surface area contributed by atoms with E-state index in [0.717, 1.165) is 16.5 Å². The normalized spacial score (nSPS) is 12.8. The molecule has 1 heterocycles. The van der Waals surface area contributed by atoms with Crippen molar-refractivity contribution >= 4 is 28.4 Å². The van der Waals surface area contributed by atoms with Crippen LogP contribution in [-0.2, 0) is 16.0 Å². The van der Waals surface area contributed by atoms with Gasteiger partial charge in [0.2, 0.25) is 11.8 Å². The third-order valence-electron chi connectivity index (χ3n) is 5.12. The lowest BCUT2D eigenvalue weighted by Crippen LogP contribution is -2.50. The molecule has 3 aromatic rings. The van der Waals surface area contributed by atoms with E-state index in [9.17, 15) is 9.59 Å². The van der Waals surface area contributed by atoms with E-state index in [-0.39, 0.29) is 11.8 Å². The van der Waals surface area contributed by atoms with E-state index in [1.54, 1.807) is 12.3 Å². The molecule has 31 heavy (non-hydrogen) atoms. The molecule has 0 bridgehead atoms. The van der Waals surface area contributed by atoms with Crippen LogP contribution in [-0.4, -0.2) is 35.4 Å². The molecule has 0 unspecified atom stereocenters. The summed E-state index contributed by atoms with van der Waals surface area (Å²) in [6.07, 6.45) is 3.97. The highest BCUT2D eigenvalue weighted by molar-refractivity contribution is 5.99. The topological polar surface area (TPSA) is 123 Å². The van der Waals surface area contributed by atoms with Crippen molar-refractivity contribution in [1.82, 2.24) is 10.3 Å². The lowest BCUT2D eigenvalue weighted by atomic mass is 10.0. The lowest BCUT2D eigenvalue weighted by molar-refractivity contribution is -0.127. The molecule has 6 N–H and O–H groups in total. The van der Waals surface area contributed by atoms with E-state index < -0.39 is 12.1 Å². The number of pyridine rings is 1. The molecule has 0 aliphatic heterocycles. The Kier molecular flexibility index (Phi) is 8.09. The van der Waals surface area contributed by atoms with Crippen LogP contribution in [0, 0.1) is 0 Å². The van der Waals surface area contributed by atoms with Gasteiger partial charge in [-0.25, -0.2) is 0 Å². The number of nitrogens with one attached hydrogen (secondary N) is 2. The molecule has 2 atom stereocenters. The first-order chi connectivity index (χ1) is 15.1. The second kappa shape index (κ2) is 11.2. The quantitative estimate of drug-likeness (QED) is 0.402. The average Bonchev–Trinajstić information content (AvgIpc) is 2.80. The number of hydrogen-bond acceptors (Lipinski definition) is 5. The molecule has 7 heteroatoms. The summed E-state index contributed by atoms with van der Waals surface area (Å²) in [5.74, 6) is -0.622. The van der Waals surface area contributed by atoms with Crippen LogP contribution >= 0.6 is 0 Å². The van der Waals surface area contributed by atoms with Gasteiger partial charge in [0, 0.05) is 17.3 Å². The number of rotatable bonds is 10. The molecule has 0 saturated carbocycles. The third kappa shape index (κ3) is 6.60. The molecule has 0 spiro atoms. The Morgan fingerprint density at radius 3 is 2.55 bits per heavy atom. The van der Waals surface area contributed by atoms with E-state index in [1.807, 2.05) is 54.6 Å². The number of fused-ring (bicyclic) bond motifs is 1. The zero-order valence-electron chi connectivity index (χ0n) is 17.5. The summed E-state index contributed by atoms with van der Waals surface area (Å²) < 4.78 is 0. The molecular formula is C24H29N5O2. The van der Waals surface area contributed by atoms with Crippen LogP contribution in [0.3, 0.4) is 0 Å². The highest BCUT2D eigenvalue weighted by atomic mass is 16.2. The minimum absolute atomic E-state index is 0.279. The van der Waals surface area contributed by atoms with Crippen molar-refractivity contribution in [2.24, 2.45) is 11.5 Å². The van der Waals surface area contributed by atoms with Gasteiger partial charge in [-0.15, -0.1) is 0 Å². The maximum Gasteiger partial charge on any atom is 0.246 e. The van der Waals surface area contributed by atoms with Crippen molar-refractivity contribution in [2.75, 3.05) is 11.9 Å². The predicted octanol–water partition coefficient (Wildman–Crippen LogP) is 2.36. The minimum atomic E-state index is -0.707. The van der Waals surface area contributed by atoms with Crippen LogP contribution in [0.15, 0.2) is 66.9 Å². The SMILES string of the molecule is NCCC[C@@H](N)C(=O)N[C@H](CCc1ccccc1)C(=O)Nc1ccc2ncccc2c1. The highest BCUT2D eigenvalue weighted by Gasteiger charge is 2.23. The molecule has 2 aromatic carbocycles. The number of nitrogens with two attached hydrogens (primary N) is 2. The number of benzene rings is 2. The summed E-state index contributed by atoms with van der Waals surface area (Å²) >= 11 is 0. The molecule has 0 saturated heterocycles. The van der Waals surface area contributed by atoms with Gasteiger partial charge >= 0.3 is 0 Å². The van der Waals surface area contributed by atoms with Gasteiger partial charge in [0.1, 0.15) is 6.04 Å². The predicted molar refractivity (Wildman–Crippen MR) is 123 cm³/mol. The number of carbonyl (C=O) groups is 2. The molecule has 0 aliphatic carbocycles. The highest BCUT2D eigenvalue weighted by Crippen LogP contribution is 2.17. The van der Waals surface area contributed by atoms with Crippen LogP contribution < -0.4 is 22.1 Å². The Labute approximate surface area is 182 Å². The Hall–Kier alpha value is -3.29. The summed E-state index contributed by atoms with van der Waals surface area (Å²) in [5.41, 5.74) is 14.1. The number of aryl methyl sites for hydroxylation is 1. The molecule has 0 fully saturated rings. The zero-order valence-corrected chi connectivity index (χ0v) is 17.5. The van der Waals surface area contributed by atoms with Crippen LogP contribution in [0.25, 0.3) is 10.9 Å². The zero-order chi connectivity index (χ0) is 22.1. The van der Waals surface area contributed by atoms with Crippen LogP contribution in [0.1, 0.15) is 24.8 Å². The lowest BCUT2D eigenvalue weighted by Gasteiger charge is -2.21. The van der Waals surface area contributed by atoms with Gasteiger partial charge in [0.25, 0.3) is 0 Å². The van der Waals surface area contributed by atoms with Crippen molar-refractivity contribution in [3.63, 3.8) is 0 Å². The maximum atomic E-state index is 13.0. The number of anilines is 1. The monoisotopic (exact) mass is 419 g/mol. The molecular weight excluding hydrogens is 390 g/mol. The van der Waals surface area contributed by atoms with Crippen LogP contribution in [0.2, 0.25) is 0 Å². The molecule has 162 valence electrons. The second-order valence-electron chi connectivity index (χ2n) is 7.52. The van der Waals surface area contributed by atoms with Crippen molar-refractivity contribution in [1.29, 1.82) is 0 Å². The average molecular weight is 420 g/mol. The third-order valence-corrected chi connectivity index (χ3v) is 5.12. The minimum Gasteiger partial charge on any atom is -0.343 e. The number of carbonyl (C=O) groups excluding carboxylic acids is 2. The molecule has 0 aliphatic rings. The number of hydrogen-bond donors (Lipinski definition) is 4. The van der Waals surface area contributed by atoms with Crippen LogP contribution in [0.4, 0.5) is 5.69 Å². The number of aromatic nitrogens is 1. The smallest absolute Gasteiger partial charge is 0.246 e. The summed E-state index contributed by atoms with van der Waals surface area (Å²) in [5, 5.41) is 6.66. The summed E-state index contributed by atoms with van der Waals surface area (Å²) in [7, 11) is 0. The van der Waals surface area contributed by atoms with Crippen molar-refractivity contribution in [3.8, 4) is 0 Å². The Morgan fingerprint density at radius 2 is 1.77 bits per heavy atom. The summed E-state index contributed by atoms with van der Waals surface area (Å²) in [4.78, 5) is 29.9. The fraction of sp³-hybridized carbons (Fsp3) is 0.292. The van der Waals surface area contributed by atoms with Crippen LogP contribution in [0.5, 0.6) is 0 Å². The number of nitrogens with zero attached hydrogens (tertiary/aromatic N) is 1. The van der Waals surface area contributed by atoms with Gasteiger partial charge in [-0.1, -0.05) is 36.4 Å². The first-order valence-electron chi connectivity index (χ1n) is 10.5. The largest absolute Gasteiger partial charge is 0.343 e. The van der Waals surface area contributed by atoms with Gasteiger partial charge < -0.3 is 22.1 Å². The van der Waals surface area contributed by atoms with Gasteiger partial charge in [-0.2, -0.15) is 0 Å². The van der Waals surface area contributed by atoms with Crippen molar-refractivity contribution in [2.45, 2.75) is 37.8 Å². The molecule has 7 nitrogen and oxygen atoms in total. The van der Waals surface area contributed by atoms with E-state index in [2.05, 4.69) is 15.6 Å². The molecule has 0 radical (unpaired) electrons. The first-order valence-corrected chi connectivity index (χ1v) is 10.5. The fourth-order valence-electron chi connectivity index (χ4n) is 3.35. The van der Waals surface area contributed by atoms with E-state index in [4.69, 9.17) is 11.5 Å². The second-order valence-corrected chi connectivity index (χ2v) is 7.52. The number of amides is 2. The van der Waals surface area contributed by atoms with E-state index in [1.165, 1.54) is 0 Å². The molecule has 2 amide bonds. The van der Waals surface area contributed by atoms with Gasteiger partial charge in [0.15, 0.2) is 0 Å².